The molecule has 0 aromatic heterocycles. The van der Waals surface area contributed by atoms with E-state index >= 15 is 0 Å². The molecule has 0 nitrogen and oxygen atoms in total. The van der Waals surface area contributed by atoms with Crippen LogP contribution in [-0.4, -0.2) is 27.9 Å². The molecule has 2 aromatic rings. The fraction of sp³-hybridized carbons (Fsp3) is 0.333. The molecule has 0 saturated carbocycles. The normalized spacial score (nSPS) is 9.63. The van der Waals surface area contributed by atoms with Crippen LogP contribution in [0.5, 0.6) is 0 Å². The molecule has 19 heavy (non-hydrogen) atoms. The van der Waals surface area contributed by atoms with Crippen molar-refractivity contribution in [3.8, 4) is 11.1 Å². The Bertz CT molecular complexity index is 367. The SMILES string of the molecule is CCCCC[CH2][Na].c1ccc(-c2ccccc2)cc1. The fourth-order valence-electron chi connectivity index (χ4n) is 1.94. The molecule has 0 amide bonds. The summed E-state index contributed by atoms with van der Waals surface area (Å²) in [6, 6.07) is 20.8. The Morgan fingerprint density at radius 2 is 1.16 bits per heavy atom. The van der Waals surface area contributed by atoms with Crippen LogP contribution in [0.2, 0.25) is 3.67 Å². The first kappa shape index (κ1) is 16.5. The number of unbranched alkanes of at least 4 members (excludes halogenated alkanes) is 3. The van der Waals surface area contributed by atoms with Gasteiger partial charge in [-0.1, -0.05) is 60.7 Å². The molecule has 0 N–H and O–H groups in total. The van der Waals surface area contributed by atoms with E-state index in [0.717, 1.165) is 0 Å². The molecule has 0 aliphatic rings. The molecule has 0 saturated heterocycles. The first-order valence-corrected chi connectivity index (χ1v) is 8.90. The van der Waals surface area contributed by atoms with Gasteiger partial charge in [-0.2, -0.15) is 0 Å². The van der Waals surface area contributed by atoms with Gasteiger partial charge in [0.05, 0.1) is 0 Å². The van der Waals surface area contributed by atoms with Crippen molar-refractivity contribution in [3.05, 3.63) is 60.7 Å². The van der Waals surface area contributed by atoms with Crippen LogP contribution in [0.4, 0.5) is 0 Å². The molecular formula is C18H23Na. The second-order valence-corrected chi connectivity index (χ2v) is 5.79. The van der Waals surface area contributed by atoms with E-state index in [1.54, 1.807) is 0 Å². The van der Waals surface area contributed by atoms with Gasteiger partial charge in [0.2, 0.25) is 0 Å². The van der Waals surface area contributed by atoms with Gasteiger partial charge >= 0.3 is 64.2 Å². The van der Waals surface area contributed by atoms with E-state index in [0.29, 0.717) is 0 Å². The summed E-state index contributed by atoms with van der Waals surface area (Å²) in [7, 11) is 0. The standard InChI is InChI=1S/C12H10.C6H13.Na/c1-3-7-11(8-4-1)12-9-5-2-6-10-12;1-3-5-6-4-2;/h1-10H;1,3-6H2,2H3;. The van der Waals surface area contributed by atoms with E-state index in [-0.39, 0.29) is 0 Å². The molecule has 0 radical (unpaired) electrons. The minimum absolute atomic E-state index is 1.28. The summed E-state index contributed by atoms with van der Waals surface area (Å²) in [5, 5.41) is 0. The molecule has 0 fully saturated rings. The summed E-state index contributed by atoms with van der Waals surface area (Å²) in [6.45, 7) is 2.26. The second-order valence-electron chi connectivity index (χ2n) is 4.79. The van der Waals surface area contributed by atoms with Crippen LogP contribution < -0.4 is 0 Å². The zero-order chi connectivity index (χ0) is 13.8. The molecule has 2 aromatic carbocycles. The summed E-state index contributed by atoms with van der Waals surface area (Å²) >= 11 is 1.41. The molecule has 96 valence electrons. The molecular weight excluding hydrogens is 239 g/mol. The average Bonchev–Trinajstić information content (AvgIpc) is 2.50. The number of hydrogen-bond acceptors (Lipinski definition) is 0. The number of rotatable bonds is 5. The molecule has 0 bridgehead atoms. The minimum Gasteiger partial charge on any atom is -0.0622 e. The van der Waals surface area contributed by atoms with Crippen molar-refractivity contribution in [1.82, 2.24) is 0 Å². The van der Waals surface area contributed by atoms with Crippen LogP contribution in [-0.2, 0) is 0 Å². The van der Waals surface area contributed by atoms with Crippen molar-refractivity contribution in [1.29, 1.82) is 0 Å². The van der Waals surface area contributed by atoms with Crippen molar-refractivity contribution < 1.29 is 0 Å². The molecule has 0 aliphatic heterocycles. The Hall–Kier alpha value is -0.560. The maximum absolute atomic E-state index is 2.26. The Labute approximate surface area is 135 Å². The van der Waals surface area contributed by atoms with Crippen LogP contribution in [0.15, 0.2) is 60.7 Å². The third-order valence-electron chi connectivity index (χ3n) is 3.09. The van der Waals surface area contributed by atoms with Crippen molar-refractivity contribution in [2.45, 2.75) is 36.3 Å². The van der Waals surface area contributed by atoms with E-state index < -0.39 is 0 Å². The molecule has 0 atom stereocenters. The smallest absolute Gasteiger partial charge is 0.0184 e. The summed E-state index contributed by atoms with van der Waals surface area (Å²) in [5.41, 5.74) is 2.55. The van der Waals surface area contributed by atoms with Crippen LogP contribution in [0.1, 0.15) is 32.6 Å². The Kier molecular flexibility index (Phi) is 9.79. The van der Waals surface area contributed by atoms with Gasteiger partial charge in [-0.15, -0.1) is 0 Å². The summed E-state index contributed by atoms with van der Waals surface area (Å²) < 4.78 is 1.50. The van der Waals surface area contributed by atoms with E-state index in [4.69, 9.17) is 0 Å². The Morgan fingerprint density at radius 1 is 0.684 bits per heavy atom. The molecule has 1 heteroatoms. The Balaban J connectivity index is 0.000000224. The van der Waals surface area contributed by atoms with Gasteiger partial charge in [0.25, 0.3) is 0 Å². The van der Waals surface area contributed by atoms with E-state index in [1.165, 1.54) is 68.4 Å². The average molecular weight is 262 g/mol. The number of benzene rings is 2. The molecule has 0 unspecified atom stereocenters. The van der Waals surface area contributed by atoms with Crippen molar-refractivity contribution in [2.24, 2.45) is 0 Å². The zero-order valence-electron chi connectivity index (χ0n) is 12.3. The predicted octanol–water partition coefficient (Wildman–Crippen LogP) is 5.51. The van der Waals surface area contributed by atoms with Gasteiger partial charge in [-0.3, -0.25) is 0 Å². The first-order chi connectivity index (χ1) is 9.38. The molecule has 0 heterocycles. The third kappa shape index (κ3) is 7.57. The van der Waals surface area contributed by atoms with E-state index in [2.05, 4.69) is 55.5 Å². The quantitative estimate of drug-likeness (QED) is 0.492. The molecule has 0 spiro atoms. The van der Waals surface area contributed by atoms with Crippen molar-refractivity contribution in [2.75, 3.05) is 0 Å². The van der Waals surface area contributed by atoms with Gasteiger partial charge < -0.3 is 0 Å². The van der Waals surface area contributed by atoms with Gasteiger partial charge in [-0.25, -0.2) is 0 Å². The maximum atomic E-state index is 2.26. The van der Waals surface area contributed by atoms with Gasteiger partial charge in [0.1, 0.15) is 0 Å². The monoisotopic (exact) mass is 262 g/mol. The Morgan fingerprint density at radius 3 is 1.53 bits per heavy atom. The topological polar surface area (TPSA) is 0 Å². The van der Waals surface area contributed by atoms with Gasteiger partial charge in [0.15, 0.2) is 0 Å². The second kappa shape index (κ2) is 11.3. The van der Waals surface area contributed by atoms with Crippen LogP contribution in [0, 0.1) is 0 Å². The van der Waals surface area contributed by atoms with Crippen molar-refractivity contribution in [3.63, 3.8) is 0 Å². The first-order valence-electron chi connectivity index (χ1n) is 7.49. The number of hydrogen-bond donors (Lipinski definition) is 0. The summed E-state index contributed by atoms with van der Waals surface area (Å²) in [4.78, 5) is 0. The molecule has 2 rings (SSSR count). The van der Waals surface area contributed by atoms with Crippen molar-refractivity contribution >= 4 is 27.9 Å². The zero-order valence-corrected chi connectivity index (χ0v) is 14.3. The largest absolute Gasteiger partial charge is 0.0622 e. The minimum atomic E-state index is 1.28. The molecule has 0 aliphatic carbocycles. The van der Waals surface area contributed by atoms with Crippen LogP contribution >= 0.6 is 0 Å². The summed E-state index contributed by atoms with van der Waals surface area (Å²) in [5.74, 6) is 0. The van der Waals surface area contributed by atoms with E-state index in [9.17, 15) is 0 Å². The fourth-order valence-corrected chi connectivity index (χ4v) is 2.44. The van der Waals surface area contributed by atoms with Gasteiger partial charge in [0, 0.05) is 0 Å². The van der Waals surface area contributed by atoms with Crippen LogP contribution in [0.25, 0.3) is 11.1 Å². The predicted molar refractivity (Wildman–Crippen MR) is 86.6 cm³/mol. The van der Waals surface area contributed by atoms with Crippen LogP contribution in [0.3, 0.4) is 0 Å². The third-order valence-corrected chi connectivity index (χ3v) is 3.80. The van der Waals surface area contributed by atoms with Gasteiger partial charge in [-0.05, 0) is 11.1 Å². The maximum Gasteiger partial charge on any atom is -0.0184 e. The van der Waals surface area contributed by atoms with E-state index in [1.807, 2.05) is 12.1 Å². The summed E-state index contributed by atoms with van der Waals surface area (Å²) in [6.07, 6.45) is 5.78.